The number of benzene rings is 2. The van der Waals surface area contributed by atoms with E-state index in [0.717, 1.165) is 11.1 Å². The van der Waals surface area contributed by atoms with Gasteiger partial charge in [-0.25, -0.2) is 8.42 Å². The lowest BCUT2D eigenvalue weighted by atomic mass is 10.0. The molecule has 0 N–H and O–H groups in total. The van der Waals surface area contributed by atoms with Crippen LogP contribution in [0.1, 0.15) is 5.56 Å². The van der Waals surface area contributed by atoms with Crippen molar-refractivity contribution in [1.29, 1.82) is 0 Å². The molecule has 4 heteroatoms. The third kappa shape index (κ3) is 2.96. The monoisotopic (exact) mass is 276 g/mol. The van der Waals surface area contributed by atoms with Crippen LogP contribution < -0.4 is 4.74 Å². The van der Waals surface area contributed by atoms with Crippen molar-refractivity contribution in [1.82, 2.24) is 0 Å². The Balaban J connectivity index is 2.66. The first-order chi connectivity index (χ1) is 8.91. The Labute approximate surface area is 113 Å². The molecule has 2 rings (SSSR count). The average molecular weight is 276 g/mol. The van der Waals surface area contributed by atoms with Gasteiger partial charge in [0, 0.05) is 11.8 Å². The Hall–Kier alpha value is -1.81. The van der Waals surface area contributed by atoms with Gasteiger partial charge < -0.3 is 4.74 Å². The van der Waals surface area contributed by atoms with E-state index in [1.807, 2.05) is 31.2 Å². The normalized spacial score (nSPS) is 11.3. The predicted molar refractivity (Wildman–Crippen MR) is 76.3 cm³/mol. The van der Waals surface area contributed by atoms with Gasteiger partial charge in [0.25, 0.3) is 0 Å². The molecule has 0 radical (unpaired) electrons. The number of rotatable bonds is 3. The maximum atomic E-state index is 11.9. The first-order valence-electron chi connectivity index (χ1n) is 5.87. The molecule has 0 amide bonds. The second-order valence-electron chi connectivity index (χ2n) is 4.50. The third-order valence-electron chi connectivity index (χ3n) is 2.95. The SMILES string of the molecule is COc1ccc(-c2ccc(C)cc2)c(S(C)(=O)=O)c1. The zero-order valence-corrected chi connectivity index (χ0v) is 12.0. The van der Waals surface area contributed by atoms with Crippen molar-refractivity contribution in [3.63, 3.8) is 0 Å². The van der Waals surface area contributed by atoms with Crippen molar-refractivity contribution in [3.8, 4) is 16.9 Å². The molecule has 19 heavy (non-hydrogen) atoms. The molecular weight excluding hydrogens is 260 g/mol. The van der Waals surface area contributed by atoms with Crippen LogP contribution in [0.15, 0.2) is 47.4 Å². The van der Waals surface area contributed by atoms with E-state index in [2.05, 4.69) is 0 Å². The Morgan fingerprint density at radius 3 is 2.16 bits per heavy atom. The first-order valence-corrected chi connectivity index (χ1v) is 7.76. The highest BCUT2D eigenvalue weighted by molar-refractivity contribution is 7.90. The van der Waals surface area contributed by atoms with Crippen LogP contribution in [0.25, 0.3) is 11.1 Å². The minimum atomic E-state index is -3.30. The molecule has 0 atom stereocenters. The van der Waals surface area contributed by atoms with Crippen LogP contribution in [-0.2, 0) is 9.84 Å². The zero-order chi connectivity index (χ0) is 14.0. The molecule has 0 aliphatic rings. The van der Waals surface area contributed by atoms with Gasteiger partial charge in [0.2, 0.25) is 0 Å². The van der Waals surface area contributed by atoms with Crippen LogP contribution >= 0.6 is 0 Å². The number of methoxy groups -OCH3 is 1. The maximum absolute atomic E-state index is 11.9. The second kappa shape index (κ2) is 5.05. The molecule has 0 aromatic heterocycles. The van der Waals surface area contributed by atoms with E-state index in [-0.39, 0.29) is 4.90 Å². The van der Waals surface area contributed by atoms with E-state index in [4.69, 9.17) is 4.74 Å². The van der Waals surface area contributed by atoms with Crippen molar-refractivity contribution >= 4 is 9.84 Å². The topological polar surface area (TPSA) is 43.4 Å². The lowest BCUT2D eigenvalue weighted by Gasteiger charge is -2.10. The van der Waals surface area contributed by atoms with E-state index in [0.29, 0.717) is 11.3 Å². The molecule has 0 unspecified atom stereocenters. The summed E-state index contributed by atoms with van der Waals surface area (Å²) < 4.78 is 28.9. The van der Waals surface area contributed by atoms with E-state index in [9.17, 15) is 8.42 Å². The van der Waals surface area contributed by atoms with Crippen molar-refractivity contribution in [2.75, 3.05) is 13.4 Å². The summed E-state index contributed by atoms with van der Waals surface area (Å²) in [7, 11) is -1.78. The molecule has 0 saturated carbocycles. The van der Waals surface area contributed by atoms with Crippen LogP contribution in [0.4, 0.5) is 0 Å². The fourth-order valence-corrected chi connectivity index (χ4v) is 2.82. The van der Waals surface area contributed by atoms with Gasteiger partial charge in [0.05, 0.1) is 12.0 Å². The summed E-state index contributed by atoms with van der Waals surface area (Å²) >= 11 is 0. The number of hydrogen-bond acceptors (Lipinski definition) is 3. The fraction of sp³-hybridized carbons (Fsp3) is 0.200. The zero-order valence-electron chi connectivity index (χ0n) is 11.2. The Morgan fingerprint density at radius 1 is 1.00 bits per heavy atom. The Morgan fingerprint density at radius 2 is 1.63 bits per heavy atom. The predicted octanol–water partition coefficient (Wildman–Crippen LogP) is 3.07. The molecule has 0 heterocycles. The van der Waals surface area contributed by atoms with Crippen molar-refractivity contribution < 1.29 is 13.2 Å². The fourth-order valence-electron chi connectivity index (χ4n) is 1.91. The molecule has 100 valence electrons. The molecule has 0 aliphatic heterocycles. The minimum Gasteiger partial charge on any atom is -0.497 e. The van der Waals surface area contributed by atoms with Gasteiger partial charge in [-0.1, -0.05) is 29.8 Å². The number of aryl methyl sites for hydroxylation is 1. The van der Waals surface area contributed by atoms with Gasteiger partial charge in [-0.3, -0.25) is 0 Å². The number of ether oxygens (including phenoxy) is 1. The van der Waals surface area contributed by atoms with Gasteiger partial charge in [0.15, 0.2) is 9.84 Å². The summed E-state index contributed by atoms with van der Waals surface area (Å²) in [5.74, 6) is 0.538. The molecule has 0 saturated heterocycles. The van der Waals surface area contributed by atoms with Crippen molar-refractivity contribution in [3.05, 3.63) is 48.0 Å². The second-order valence-corrected chi connectivity index (χ2v) is 6.48. The summed E-state index contributed by atoms with van der Waals surface area (Å²) in [6, 6.07) is 12.9. The molecule has 2 aromatic carbocycles. The molecule has 0 fully saturated rings. The highest BCUT2D eigenvalue weighted by Crippen LogP contribution is 2.30. The van der Waals surface area contributed by atoms with Gasteiger partial charge in [-0.2, -0.15) is 0 Å². The summed E-state index contributed by atoms with van der Waals surface area (Å²) in [5, 5.41) is 0. The van der Waals surface area contributed by atoms with Crippen molar-refractivity contribution in [2.24, 2.45) is 0 Å². The van der Waals surface area contributed by atoms with Gasteiger partial charge in [0.1, 0.15) is 5.75 Å². The van der Waals surface area contributed by atoms with Crippen LogP contribution in [0.3, 0.4) is 0 Å². The summed E-state index contributed by atoms with van der Waals surface area (Å²) in [6.07, 6.45) is 1.21. The first kappa shape index (κ1) is 13.6. The lowest BCUT2D eigenvalue weighted by Crippen LogP contribution is -2.00. The molecule has 0 aliphatic carbocycles. The van der Waals surface area contributed by atoms with Crippen LogP contribution in [0.5, 0.6) is 5.75 Å². The Kier molecular flexibility index (Phi) is 3.62. The van der Waals surface area contributed by atoms with Crippen LogP contribution in [0, 0.1) is 6.92 Å². The Bertz CT molecular complexity index is 686. The standard InChI is InChI=1S/C15H16O3S/c1-11-4-6-12(7-5-11)14-9-8-13(18-2)10-15(14)19(3,16)17/h4-10H,1-3H3. The summed E-state index contributed by atoms with van der Waals surface area (Å²) in [4.78, 5) is 0.288. The van der Waals surface area contributed by atoms with Crippen LogP contribution in [0.2, 0.25) is 0 Å². The van der Waals surface area contributed by atoms with Gasteiger partial charge >= 0.3 is 0 Å². The largest absolute Gasteiger partial charge is 0.497 e. The highest BCUT2D eigenvalue weighted by Gasteiger charge is 2.15. The number of sulfone groups is 1. The van der Waals surface area contributed by atoms with Gasteiger partial charge in [-0.15, -0.1) is 0 Å². The molecular formula is C15H16O3S. The number of hydrogen-bond donors (Lipinski definition) is 0. The van der Waals surface area contributed by atoms with Crippen LogP contribution in [-0.4, -0.2) is 21.8 Å². The third-order valence-corrected chi connectivity index (χ3v) is 4.09. The smallest absolute Gasteiger partial charge is 0.176 e. The van der Waals surface area contributed by atoms with E-state index in [1.54, 1.807) is 18.2 Å². The highest BCUT2D eigenvalue weighted by atomic mass is 32.2. The molecule has 0 bridgehead atoms. The molecule has 0 spiro atoms. The van der Waals surface area contributed by atoms with Gasteiger partial charge in [-0.05, 0) is 30.7 Å². The summed E-state index contributed by atoms with van der Waals surface area (Å²) in [6.45, 7) is 2.00. The molecule has 2 aromatic rings. The lowest BCUT2D eigenvalue weighted by molar-refractivity contribution is 0.413. The van der Waals surface area contributed by atoms with E-state index < -0.39 is 9.84 Å². The van der Waals surface area contributed by atoms with E-state index in [1.165, 1.54) is 13.4 Å². The quantitative estimate of drug-likeness (QED) is 0.865. The molecule has 3 nitrogen and oxygen atoms in total. The average Bonchev–Trinajstić information content (AvgIpc) is 2.38. The minimum absolute atomic E-state index is 0.288. The van der Waals surface area contributed by atoms with E-state index >= 15 is 0 Å². The van der Waals surface area contributed by atoms with Crippen molar-refractivity contribution in [2.45, 2.75) is 11.8 Å². The maximum Gasteiger partial charge on any atom is 0.176 e. The summed E-state index contributed by atoms with van der Waals surface area (Å²) in [5.41, 5.74) is 2.72.